The van der Waals surface area contributed by atoms with E-state index in [-0.39, 0.29) is 24.4 Å². The van der Waals surface area contributed by atoms with Gasteiger partial charge in [-0.3, -0.25) is 28.8 Å². The number of Topliss-reactive ketones (excluding diaryl/α,β-unsaturated/α-hetero) is 3. The quantitative estimate of drug-likeness (QED) is 0.176. The van der Waals surface area contributed by atoms with Crippen molar-refractivity contribution in [3.8, 4) is 0 Å². The number of nitrogens with one attached hydrogen (secondary N) is 4. The number of likely N-dealkylation sites (tertiary alicyclic amines) is 1. The summed E-state index contributed by atoms with van der Waals surface area (Å²) in [4.78, 5) is 94.4. The lowest BCUT2D eigenvalue weighted by Crippen LogP contribution is -2.61. The molecule has 5 amide bonds. The molecular formula is C38H57N5O7. The summed E-state index contributed by atoms with van der Waals surface area (Å²) in [6.45, 7) is 15.7. The minimum Gasteiger partial charge on any atom is -0.349 e. The van der Waals surface area contributed by atoms with Gasteiger partial charge in [0.2, 0.25) is 17.6 Å². The lowest BCUT2D eigenvalue weighted by molar-refractivity contribution is -0.143. The normalized spacial score (nSPS) is 19.8. The fraction of sp³-hybridized carbons (Fsp3) is 0.658. The summed E-state index contributed by atoms with van der Waals surface area (Å²) < 4.78 is 0. The minimum atomic E-state index is -1.01. The van der Waals surface area contributed by atoms with Crippen LogP contribution in [0.15, 0.2) is 24.3 Å². The first-order chi connectivity index (χ1) is 23.4. The Labute approximate surface area is 296 Å². The Hall–Kier alpha value is -4.09. The molecular weight excluding hydrogens is 638 g/mol. The maximum atomic E-state index is 14.1. The molecule has 0 bridgehead atoms. The van der Waals surface area contributed by atoms with Gasteiger partial charge in [-0.05, 0) is 49.4 Å². The SMILES string of the molecule is CCCNC(=O)C(=O)C(CCC)NC(=O)[C@@H]1CCCN1C(=O)[C@@H](NC(=O)N[C@H](CC1CCC(=O)c2ccccc2C1=O)C(C)(C)C)C(C)(C)C. The number of hydrogen-bond acceptors (Lipinski definition) is 7. The van der Waals surface area contributed by atoms with Gasteiger partial charge in [0.05, 0.1) is 6.04 Å². The Morgan fingerprint density at radius 2 is 1.52 bits per heavy atom. The predicted octanol–water partition coefficient (Wildman–Crippen LogP) is 4.35. The average Bonchev–Trinajstić information content (AvgIpc) is 3.51. The highest BCUT2D eigenvalue weighted by Crippen LogP contribution is 2.32. The monoisotopic (exact) mass is 695 g/mol. The second kappa shape index (κ2) is 17.2. The molecule has 1 fully saturated rings. The highest BCUT2D eigenvalue weighted by atomic mass is 16.2. The zero-order valence-electron chi connectivity index (χ0n) is 31.1. The number of fused-ring (bicyclic) bond motifs is 1. The van der Waals surface area contributed by atoms with Crippen molar-refractivity contribution < 1.29 is 33.6 Å². The third-order valence-electron chi connectivity index (χ3n) is 9.65. The van der Waals surface area contributed by atoms with Gasteiger partial charge in [-0.2, -0.15) is 0 Å². The van der Waals surface area contributed by atoms with Crippen molar-refractivity contribution in [1.29, 1.82) is 0 Å². The number of rotatable bonds is 13. The molecule has 50 heavy (non-hydrogen) atoms. The number of urea groups is 1. The van der Waals surface area contributed by atoms with Crippen LogP contribution in [0, 0.1) is 16.7 Å². The molecule has 12 heteroatoms. The standard InChI is InChI=1S/C38H57N5O7/c1-9-14-26(31(46)34(48)39-20-10-2)40-33(47)27-17-13-21-43(27)35(49)32(38(6,7)8)42-36(50)41-29(37(3,4)5)22-23-18-19-28(44)24-15-11-12-16-25(24)30(23)45/h11-12,15-16,23,26-27,29,32H,9-10,13-14,17-22H2,1-8H3,(H,39,48)(H,40,47)(H2,41,42,50)/t23?,26?,27-,29+,32+/m0/s1. The van der Waals surface area contributed by atoms with Gasteiger partial charge in [-0.15, -0.1) is 0 Å². The molecule has 0 saturated carbocycles. The van der Waals surface area contributed by atoms with E-state index in [0.717, 1.165) is 0 Å². The summed E-state index contributed by atoms with van der Waals surface area (Å²) in [6.07, 6.45) is 3.37. The van der Waals surface area contributed by atoms with Crippen LogP contribution in [0.25, 0.3) is 0 Å². The molecule has 276 valence electrons. The van der Waals surface area contributed by atoms with E-state index in [1.165, 1.54) is 4.90 Å². The average molecular weight is 696 g/mol. The van der Waals surface area contributed by atoms with E-state index >= 15 is 0 Å². The van der Waals surface area contributed by atoms with E-state index in [1.807, 2.05) is 55.4 Å². The zero-order valence-corrected chi connectivity index (χ0v) is 31.1. The van der Waals surface area contributed by atoms with E-state index in [1.54, 1.807) is 24.3 Å². The van der Waals surface area contributed by atoms with E-state index in [9.17, 15) is 33.6 Å². The molecule has 3 rings (SSSR count). The number of nitrogens with zero attached hydrogens (tertiary/aromatic N) is 1. The molecule has 1 aliphatic heterocycles. The number of carbonyl (C=O) groups excluding carboxylic acids is 7. The van der Waals surface area contributed by atoms with E-state index < -0.39 is 70.5 Å². The first-order valence-electron chi connectivity index (χ1n) is 18.1. The third kappa shape index (κ3) is 10.2. The Morgan fingerprint density at radius 1 is 0.860 bits per heavy atom. The Morgan fingerprint density at radius 3 is 2.12 bits per heavy atom. The van der Waals surface area contributed by atoms with Crippen LogP contribution in [-0.4, -0.2) is 83.3 Å². The minimum absolute atomic E-state index is 0.0696. The van der Waals surface area contributed by atoms with Gasteiger partial charge in [0.25, 0.3) is 5.91 Å². The van der Waals surface area contributed by atoms with Crippen LogP contribution in [0.2, 0.25) is 0 Å². The van der Waals surface area contributed by atoms with Crippen LogP contribution >= 0.6 is 0 Å². The Bertz CT molecular complexity index is 1440. The van der Waals surface area contributed by atoms with Gasteiger partial charge in [0.15, 0.2) is 11.6 Å². The van der Waals surface area contributed by atoms with Gasteiger partial charge in [-0.1, -0.05) is 86.1 Å². The highest BCUT2D eigenvalue weighted by molar-refractivity contribution is 6.38. The van der Waals surface area contributed by atoms with Crippen molar-refractivity contribution in [2.45, 2.75) is 131 Å². The van der Waals surface area contributed by atoms with Gasteiger partial charge in [0.1, 0.15) is 12.1 Å². The topological polar surface area (TPSA) is 171 Å². The van der Waals surface area contributed by atoms with E-state index in [0.29, 0.717) is 62.7 Å². The van der Waals surface area contributed by atoms with Crippen molar-refractivity contribution in [3.05, 3.63) is 35.4 Å². The molecule has 1 aromatic carbocycles. The highest BCUT2D eigenvalue weighted by Gasteiger charge is 2.43. The lowest BCUT2D eigenvalue weighted by atomic mass is 9.78. The molecule has 0 spiro atoms. The van der Waals surface area contributed by atoms with Crippen LogP contribution in [-0.2, 0) is 19.2 Å². The molecule has 4 N–H and O–H groups in total. The maximum absolute atomic E-state index is 14.1. The fourth-order valence-corrected chi connectivity index (χ4v) is 6.63. The Kier molecular flexibility index (Phi) is 13.9. The third-order valence-corrected chi connectivity index (χ3v) is 9.65. The second-order valence-corrected chi connectivity index (χ2v) is 15.8. The lowest BCUT2D eigenvalue weighted by Gasteiger charge is -2.37. The summed E-state index contributed by atoms with van der Waals surface area (Å²) in [5.41, 5.74) is -0.366. The van der Waals surface area contributed by atoms with Crippen LogP contribution < -0.4 is 21.3 Å². The summed E-state index contributed by atoms with van der Waals surface area (Å²) in [5.74, 6) is -3.06. The molecule has 0 radical (unpaired) electrons. The zero-order chi connectivity index (χ0) is 37.4. The maximum Gasteiger partial charge on any atom is 0.315 e. The van der Waals surface area contributed by atoms with Crippen LogP contribution in [0.3, 0.4) is 0 Å². The molecule has 1 saturated heterocycles. The van der Waals surface area contributed by atoms with Gasteiger partial charge in [0, 0.05) is 42.6 Å². The van der Waals surface area contributed by atoms with Gasteiger partial charge < -0.3 is 26.2 Å². The molecule has 1 aromatic rings. The van der Waals surface area contributed by atoms with Crippen molar-refractivity contribution in [2.75, 3.05) is 13.1 Å². The van der Waals surface area contributed by atoms with Crippen LogP contribution in [0.1, 0.15) is 127 Å². The first-order valence-corrected chi connectivity index (χ1v) is 18.1. The van der Waals surface area contributed by atoms with Gasteiger partial charge in [-0.25, -0.2) is 4.79 Å². The van der Waals surface area contributed by atoms with Crippen molar-refractivity contribution >= 4 is 41.1 Å². The van der Waals surface area contributed by atoms with Crippen LogP contribution in [0.5, 0.6) is 0 Å². The molecule has 12 nitrogen and oxygen atoms in total. The number of carbonyl (C=O) groups is 7. The van der Waals surface area contributed by atoms with E-state index in [4.69, 9.17) is 0 Å². The molecule has 0 aromatic heterocycles. The first kappa shape index (κ1) is 40.3. The summed E-state index contributed by atoms with van der Waals surface area (Å²) in [6, 6.07) is 2.92. The fourth-order valence-electron chi connectivity index (χ4n) is 6.63. The molecule has 2 aliphatic rings. The van der Waals surface area contributed by atoms with Crippen molar-refractivity contribution in [3.63, 3.8) is 0 Å². The summed E-state index contributed by atoms with van der Waals surface area (Å²) in [5, 5.41) is 11.2. The predicted molar refractivity (Wildman–Crippen MR) is 190 cm³/mol. The summed E-state index contributed by atoms with van der Waals surface area (Å²) >= 11 is 0. The number of ketones is 3. The summed E-state index contributed by atoms with van der Waals surface area (Å²) in [7, 11) is 0. The molecule has 1 heterocycles. The largest absolute Gasteiger partial charge is 0.349 e. The Balaban J connectivity index is 1.75. The number of amides is 5. The molecule has 2 unspecified atom stereocenters. The smallest absolute Gasteiger partial charge is 0.315 e. The van der Waals surface area contributed by atoms with Crippen molar-refractivity contribution in [1.82, 2.24) is 26.2 Å². The van der Waals surface area contributed by atoms with Crippen LogP contribution in [0.4, 0.5) is 4.79 Å². The second-order valence-electron chi connectivity index (χ2n) is 15.8. The molecule has 5 atom stereocenters. The van der Waals surface area contributed by atoms with E-state index in [2.05, 4.69) is 21.3 Å². The number of benzene rings is 1. The number of hydrogen-bond donors (Lipinski definition) is 4. The van der Waals surface area contributed by atoms with Gasteiger partial charge >= 0.3 is 6.03 Å². The van der Waals surface area contributed by atoms with Crippen molar-refractivity contribution in [2.24, 2.45) is 16.7 Å². The molecule has 1 aliphatic carbocycles.